The Balaban J connectivity index is 2.36. The number of aliphatic hydroxyl groups excluding tert-OH is 1. The lowest BCUT2D eigenvalue weighted by atomic mass is 9.77. The Labute approximate surface area is 144 Å². The molecule has 6 heteroatoms. The van der Waals surface area contributed by atoms with Gasteiger partial charge >= 0.3 is 7.12 Å². The number of aliphatic hydroxyl groups is 1. The molecule has 1 aromatic carbocycles. The van der Waals surface area contributed by atoms with Crippen molar-refractivity contribution in [3.05, 3.63) is 40.9 Å². The summed E-state index contributed by atoms with van der Waals surface area (Å²) in [5, 5.41) is 9.84. The van der Waals surface area contributed by atoms with Crippen molar-refractivity contribution in [1.29, 1.82) is 0 Å². The number of methoxy groups -OCH3 is 2. The minimum atomic E-state index is -0.586. The van der Waals surface area contributed by atoms with E-state index in [-0.39, 0.29) is 6.61 Å². The second-order valence-corrected chi connectivity index (χ2v) is 6.90. The number of rotatable bonds is 6. The van der Waals surface area contributed by atoms with Crippen molar-refractivity contribution >= 4 is 13.2 Å². The molecule has 132 valence electrons. The molecular weight excluding hydrogens is 307 g/mol. The van der Waals surface area contributed by atoms with Gasteiger partial charge in [-0.15, -0.1) is 0 Å². The summed E-state index contributed by atoms with van der Waals surface area (Å²) in [6.07, 6.45) is 1.40. The van der Waals surface area contributed by atoms with Gasteiger partial charge in [0.05, 0.1) is 17.8 Å². The van der Waals surface area contributed by atoms with Gasteiger partial charge in [-0.3, -0.25) is 0 Å². The normalized spacial score (nSPS) is 20.0. The summed E-state index contributed by atoms with van der Waals surface area (Å²) in [5.74, 6) is 0. The fourth-order valence-electron chi connectivity index (χ4n) is 2.59. The van der Waals surface area contributed by atoms with Crippen LogP contribution in [0.25, 0.3) is 6.08 Å². The van der Waals surface area contributed by atoms with Crippen molar-refractivity contribution in [2.45, 2.75) is 45.2 Å². The highest BCUT2D eigenvalue weighted by molar-refractivity contribution is 6.55. The van der Waals surface area contributed by atoms with E-state index in [1.54, 1.807) is 14.2 Å². The number of hydrogen-bond acceptors (Lipinski definition) is 5. The SMILES string of the molecule is COC(OC)c1ccccc1C=C(CO)B1OC(C)(C)C(C)(C)O1. The molecule has 1 aromatic rings. The van der Waals surface area contributed by atoms with Crippen molar-refractivity contribution in [1.82, 2.24) is 0 Å². The summed E-state index contributed by atoms with van der Waals surface area (Å²) in [6, 6.07) is 7.73. The van der Waals surface area contributed by atoms with Crippen LogP contribution < -0.4 is 0 Å². The molecule has 1 aliphatic heterocycles. The number of benzene rings is 1. The average Bonchev–Trinajstić information content (AvgIpc) is 2.75. The summed E-state index contributed by atoms with van der Waals surface area (Å²) in [7, 11) is 2.60. The van der Waals surface area contributed by atoms with E-state index in [4.69, 9.17) is 18.8 Å². The molecule has 1 heterocycles. The predicted octanol–water partition coefficient (Wildman–Crippen LogP) is 2.99. The van der Waals surface area contributed by atoms with Gasteiger partial charge < -0.3 is 23.9 Å². The Bertz CT molecular complexity index is 577. The highest BCUT2D eigenvalue weighted by Gasteiger charge is 2.52. The molecule has 0 bridgehead atoms. The molecule has 0 aliphatic carbocycles. The lowest BCUT2D eigenvalue weighted by Crippen LogP contribution is -2.41. The van der Waals surface area contributed by atoms with Crippen LogP contribution in [0.4, 0.5) is 0 Å². The minimum absolute atomic E-state index is 0.157. The first-order valence-electron chi connectivity index (χ1n) is 8.07. The minimum Gasteiger partial charge on any atom is -0.400 e. The maximum Gasteiger partial charge on any atom is 0.492 e. The van der Waals surface area contributed by atoms with Gasteiger partial charge in [-0.2, -0.15) is 0 Å². The Morgan fingerprint density at radius 3 is 2.17 bits per heavy atom. The summed E-state index contributed by atoms with van der Waals surface area (Å²) >= 11 is 0. The molecule has 1 saturated heterocycles. The average molecular weight is 334 g/mol. The first-order chi connectivity index (χ1) is 11.3. The van der Waals surface area contributed by atoms with Gasteiger partial charge in [-0.25, -0.2) is 0 Å². The van der Waals surface area contributed by atoms with Gasteiger partial charge in [0.15, 0.2) is 6.29 Å². The third-order valence-electron chi connectivity index (χ3n) is 4.76. The van der Waals surface area contributed by atoms with Crippen LogP contribution in [0.3, 0.4) is 0 Å². The van der Waals surface area contributed by atoms with Crippen LogP contribution in [0.1, 0.15) is 45.1 Å². The van der Waals surface area contributed by atoms with Gasteiger partial charge in [0.1, 0.15) is 0 Å². The summed E-state index contributed by atoms with van der Waals surface area (Å²) < 4.78 is 22.8. The van der Waals surface area contributed by atoms with Crippen LogP contribution >= 0.6 is 0 Å². The molecule has 5 nitrogen and oxygen atoms in total. The predicted molar refractivity (Wildman–Crippen MR) is 94.3 cm³/mol. The molecule has 0 amide bonds. The van der Waals surface area contributed by atoms with Crippen LogP contribution in [0.2, 0.25) is 0 Å². The van der Waals surface area contributed by atoms with Crippen LogP contribution in [-0.2, 0) is 18.8 Å². The van der Waals surface area contributed by atoms with E-state index in [0.717, 1.165) is 11.1 Å². The molecule has 1 fully saturated rings. The van der Waals surface area contributed by atoms with E-state index in [2.05, 4.69) is 0 Å². The maximum absolute atomic E-state index is 9.84. The third kappa shape index (κ3) is 3.73. The van der Waals surface area contributed by atoms with E-state index in [0.29, 0.717) is 5.47 Å². The quantitative estimate of drug-likeness (QED) is 0.640. The zero-order chi connectivity index (χ0) is 18.0. The van der Waals surface area contributed by atoms with Crippen LogP contribution in [0, 0.1) is 0 Å². The second-order valence-electron chi connectivity index (χ2n) is 6.90. The van der Waals surface area contributed by atoms with Gasteiger partial charge in [0.2, 0.25) is 0 Å². The van der Waals surface area contributed by atoms with Crippen molar-refractivity contribution in [2.24, 2.45) is 0 Å². The molecular formula is C18H27BO5. The molecule has 1 N–H and O–H groups in total. The number of hydrogen-bond donors (Lipinski definition) is 1. The summed E-state index contributed by atoms with van der Waals surface area (Å²) in [6.45, 7) is 7.79. The Hall–Kier alpha value is -1.18. The van der Waals surface area contributed by atoms with Crippen molar-refractivity contribution < 1.29 is 23.9 Å². The number of ether oxygens (including phenoxy) is 2. The first kappa shape index (κ1) is 19.2. The summed E-state index contributed by atoms with van der Waals surface area (Å²) in [4.78, 5) is 0. The molecule has 24 heavy (non-hydrogen) atoms. The maximum atomic E-state index is 9.84. The lowest BCUT2D eigenvalue weighted by molar-refractivity contribution is -0.106. The van der Waals surface area contributed by atoms with E-state index in [1.807, 2.05) is 58.0 Å². The molecule has 0 spiro atoms. The Morgan fingerprint density at radius 1 is 1.12 bits per heavy atom. The molecule has 0 radical (unpaired) electrons. The van der Waals surface area contributed by atoms with Gasteiger partial charge in [0, 0.05) is 19.8 Å². The molecule has 2 rings (SSSR count). The fraction of sp³-hybridized carbons (Fsp3) is 0.556. The van der Waals surface area contributed by atoms with E-state index in [1.165, 1.54) is 0 Å². The second kappa shape index (κ2) is 7.37. The van der Waals surface area contributed by atoms with Crippen LogP contribution in [0.5, 0.6) is 0 Å². The van der Waals surface area contributed by atoms with E-state index >= 15 is 0 Å². The Morgan fingerprint density at radius 2 is 1.67 bits per heavy atom. The molecule has 0 aromatic heterocycles. The van der Waals surface area contributed by atoms with E-state index in [9.17, 15) is 5.11 Å². The smallest absolute Gasteiger partial charge is 0.400 e. The topological polar surface area (TPSA) is 57.2 Å². The fourth-order valence-corrected chi connectivity index (χ4v) is 2.59. The highest BCUT2D eigenvalue weighted by atomic mass is 16.7. The standard InChI is InChI=1S/C18H27BO5/c1-17(2)18(3,4)24-19(23-17)14(12-20)11-13-9-7-8-10-15(13)16(21-5)22-6/h7-11,16,20H,12H2,1-6H3. The van der Waals surface area contributed by atoms with Crippen LogP contribution in [0.15, 0.2) is 29.7 Å². The van der Waals surface area contributed by atoms with Crippen molar-refractivity contribution in [2.75, 3.05) is 20.8 Å². The van der Waals surface area contributed by atoms with Crippen molar-refractivity contribution in [3.63, 3.8) is 0 Å². The largest absolute Gasteiger partial charge is 0.492 e. The van der Waals surface area contributed by atoms with Gasteiger partial charge in [0.25, 0.3) is 0 Å². The summed E-state index contributed by atoms with van der Waals surface area (Å²) in [5.41, 5.74) is 1.53. The van der Waals surface area contributed by atoms with Crippen molar-refractivity contribution in [3.8, 4) is 0 Å². The Kier molecular flexibility index (Phi) is 5.89. The monoisotopic (exact) mass is 334 g/mol. The van der Waals surface area contributed by atoms with E-state index < -0.39 is 24.6 Å². The third-order valence-corrected chi connectivity index (χ3v) is 4.76. The first-order valence-corrected chi connectivity index (χ1v) is 8.07. The molecule has 0 atom stereocenters. The molecule has 1 aliphatic rings. The molecule has 0 saturated carbocycles. The van der Waals surface area contributed by atoms with Gasteiger partial charge in [-0.1, -0.05) is 30.3 Å². The van der Waals surface area contributed by atoms with Gasteiger partial charge in [-0.05, 0) is 38.7 Å². The molecule has 0 unspecified atom stereocenters. The lowest BCUT2D eigenvalue weighted by Gasteiger charge is -2.32. The van der Waals surface area contributed by atoms with Crippen LogP contribution in [-0.4, -0.2) is 44.3 Å². The highest BCUT2D eigenvalue weighted by Crippen LogP contribution is 2.39. The zero-order valence-electron chi connectivity index (χ0n) is 15.3. The zero-order valence-corrected chi connectivity index (χ0v) is 15.3.